The van der Waals surface area contributed by atoms with Crippen molar-refractivity contribution in [3.8, 4) is 0 Å². The van der Waals surface area contributed by atoms with Crippen molar-refractivity contribution < 1.29 is 0 Å². The van der Waals surface area contributed by atoms with Crippen molar-refractivity contribution >= 4 is 5.82 Å². The zero-order valence-electron chi connectivity index (χ0n) is 11.3. The lowest BCUT2D eigenvalue weighted by molar-refractivity contribution is 0.546. The average Bonchev–Trinajstić information content (AvgIpc) is 2.40. The fraction of sp³-hybridized carbons (Fsp3) is 0.571. The summed E-state index contributed by atoms with van der Waals surface area (Å²) in [6.07, 6.45) is 5.50. The number of rotatable bonds is 5. The van der Waals surface area contributed by atoms with Crippen LogP contribution in [-0.4, -0.2) is 29.8 Å². The van der Waals surface area contributed by atoms with E-state index < -0.39 is 0 Å². The highest BCUT2D eigenvalue weighted by Gasteiger charge is 2.08. The van der Waals surface area contributed by atoms with Gasteiger partial charge in [0.1, 0.15) is 0 Å². The highest BCUT2D eigenvalue weighted by atomic mass is 15.3. The lowest BCUT2D eigenvalue weighted by Crippen LogP contribution is -2.28. The van der Waals surface area contributed by atoms with E-state index >= 15 is 0 Å². The third-order valence-electron chi connectivity index (χ3n) is 2.95. The summed E-state index contributed by atoms with van der Waals surface area (Å²) < 4.78 is 0. The zero-order valence-corrected chi connectivity index (χ0v) is 11.3. The van der Waals surface area contributed by atoms with E-state index in [0.29, 0.717) is 5.92 Å². The Labute approximate surface area is 109 Å². The van der Waals surface area contributed by atoms with Gasteiger partial charge in [-0.2, -0.15) is 5.10 Å². The lowest BCUT2D eigenvalue weighted by atomic mass is 10.2. The number of hydrogen-bond donors (Lipinski definition) is 1. The van der Waals surface area contributed by atoms with Gasteiger partial charge >= 0.3 is 0 Å². The number of nitrogens with zero attached hydrogens (tertiary/aromatic N) is 3. The van der Waals surface area contributed by atoms with Crippen molar-refractivity contribution in [3.05, 3.63) is 30.0 Å². The normalized spacial score (nSPS) is 15.4. The first kappa shape index (κ1) is 13.0. The monoisotopic (exact) mass is 246 g/mol. The van der Waals surface area contributed by atoms with Gasteiger partial charge in [0.25, 0.3) is 0 Å². The van der Waals surface area contributed by atoms with Crippen LogP contribution in [0.2, 0.25) is 0 Å². The first-order valence-electron chi connectivity index (χ1n) is 6.69. The minimum Gasteiger partial charge on any atom is -0.351 e. The van der Waals surface area contributed by atoms with Crippen LogP contribution in [0.25, 0.3) is 0 Å². The SMILES string of the molecule is CC(C)CNCc1ccc(N2CC=CCC2)nn1. The molecule has 98 valence electrons. The molecule has 0 atom stereocenters. The molecule has 0 aliphatic carbocycles. The maximum absolute atomic E-state index is 4.30. The summed E-state index contributed by atoms with van der Waals surface area (Å²) in [7, 11) is 0. The van der Waals surface area contributed by atoms with E-state index in [1.54, 1.807) is 0 Å². The molecule has 2 heterocycles. The Kier molecular flexibility index (Phi) is 4.70. The third kappa shape index (κ3) is 3.81. The van der Waals surface area contributed by atoms with Gasteiger partial charge in [0, 0.05) is 19.6 Å². The van der Waals surface area contributed by atoms with Gasteiger partial charge in [-0.3, -0.25) is 0 Å². The first-order valence-corrected chi connectivity index (χ1v) is 6.69. The molecular formula is C14H22N4. The molecule has 2 rings (SSSR count). The molecule has 0 unspecified atom stereocenters. The topological polar surface area (TPSA) is 41.0 Å². The van der Waals surface area contributed by atoms with Crippen molar-refractivity contribution in [2.45, 2.75) is 26.8 Å². The van der Waals surface area contributed by atoms with Gasteiger partial charge in [-0.05, 0) is 31.0 Å². The third-order valence-corrected chi connectivity index (χ3v) is 2.95. The predicted molar refractivity (Wildman–Crippen MR) is 74.5 cm³/mol. The molecule has 1 N–H and O–H groups in total. The smallest absolute Gasteiger partial charge is 0.151 e. The Morgan fingerprint density at radius 2 is 2.17 bits per heavy atom. The molecule has 4 heteroatoms. The quantitative estimate of drug-likeness (QED) is 0.807. The molecule has 1 aliphatic rings. The van der Waals surface area contributed by atoms with Crippen LogP contribution >= 0.6 is 0 Å². The summed E-state index contributed by atoms with van der Waals surface area (Å²) >= 11 is 0. The van der Waals surface area contributed by atoms with Crippen LogP contribution < -0.4 is 10.2 Å². The Balaban J connectivity index is 1.87. The van der Waals surface area contributed by atoms with Crippen molar-refractivity contribution in [1.82, 2.24) is 15.5 Å². The van der Waals surface area contributed by atoms with E-state index in [4.69, 9.17) is 0 Å². The maximum Gasteiger partial charge on any atom is 0.151 e. The molecule has 0 saturated carbocycles. The molecule has 1 aromatic rings. The Bertz CT molecular complexity index is 383. The number of hydrogen-bond acceptors (Lipinski definition) is 4. The molecule has 0 fully saturated rings. The van der Waals surface area contributed by atoms with Gasteiger partial charge in [0.2, 0.25) is 0 Å². The minimum atomic E-state index is 0.664. The number of aromatic nitrogens is 2. The second kappa shape index (κ2) is 6.50. The highest BCUT2D eigenvalue weighted by molar-refractivity contribution is 5.39. The van der Waals surface area contributed by atoms with Gasteiger partial charge < -0.3 is 10.2 Å². The second-order valence-corrected chi connectivity index (χ2v) is 5.11. The summed E-state index contributed by atoms with van der Waals surface area (Å²) in [5.41, 5.74) is 1.01. The van der Waals surface area contributed by atoms with E-state index in [2.05, 4.69) is 58.5 Å². The average molecular weight is 246 g/mol. The Morgan fingerprint density at radius 1 is 1.28 bits per heavy atom. The predicted octanol–water partition coefficient (Wildman–Crippen LogP) is 1.99. The van der Waals surface area contributed by atoms with Crippen LogP contribution in [0.3, 0.4) is 0 Å². The summed E-state index contributed by atoms with van der Waals surface area (Å²) in [5, 5.41) is 11.9. The van der Waals surface area contributed by atoms with Gasteiger partial charge in [-0.25, -0.2) is 0 Å². The van der Waals surface area contributed by atoms with Gasteiger partial charge in [-0.1, -0.05) is 26.0 Å². The van der Waals surface area contributed by atoms with E-state index in [1.165, 1.54) is 0 Å². The molecule has 0 aromatic carbocycles. The first-order chi connectivity index (χ1) is 8.75. The van der Waals surface area contributed by atoms with E-state index in [1.807, 2.05) is 0 Å². The summed E-state index contributed by atoms with van der Waals surface area (Å²) in [5.74, 6) is 1.64. The minimum absolute atomic E-state index is 0.664. The van der Waals surface area contributed by atoms with Crippen LogP contribution in [0.5, 0.6) is 0 Å². The van der Waals surface area contributed by atoms with Crippen molar-refractivity contribution in [1.29, 1.82) is 0 Å². The molecule has 0 amide bonds. The van der Waals surface area contributed by atoms with Crippen LogP contribution in [0.15, 0.2) is 24.3 Å². The van der Waals surface area contributed by atoms with Crippen molar-refractivity contribution in [3.63, 3.8) is 0 Å². The molecular weight excluding hydrogens is 224 g/mol. The molecule has 0 spiro atoms. The van der Waals surface area contributed by atoms with Crippen LogP contribution in [-0.2, 0) is 6.54 Å². The van der Waals surface area contributed by atoms with E-state index in [0.717, 1.165) is 44.1 Å². The van der Waals surface area contributed by atoms with Gasteiger partial charge in [0.05, 0.1) is 5.69 Å². The maximum atomic E-state index is 4.30. The summed E-state index contributed by atoms with van der Waals surface area (Å²) in [6.45, 7) is 8.19. The largest absolute Gasteiger partial charge is 0.351 e. The fourth-order valence-electron chi connectivity index (χ4n) is 1.95. The number of nitrogens with one attached hydrogen (secondary N) is 1. The van der Waals surface area contributed by atoms with E-state index in [-0.39, 0.29) is 0 Å². The van der Waals surface area contributed by atoms with Crippen LogP contribution in [0, 0.1) is 5.92 Å². The standard InChI is InChI=1S/C14H22N4/c1-12(2)10-15-11-13-6-7-14(17-16-13)18-8-4-3-5-9-18/h3-4,6-7,12,15H,5,8-11H2,1-2H3. The van der Waals surface area contributed by atoms with Crippen molar-refractivity contribution in [2.24, 2.45) is 5.92 Å². The fourth-order valence-corrected chi connectivity index (χ4v) is 1.95. The lowest BCUT2D eigenvalue weighted by Gasteiger charge is -2.23. The molecule has 1 aromatic heterocycles. The molecule has 18 heavy (non-hydrogen) atoms. The Morgan fingerprint density at radius 3 is 2.78 bits per heavy atom. The van der Waals surface area contributed by atoms with Crippen LogP contribution in [0.1, 0.15) is 26.0 Å². The summed E-state index contributed by atoms with van der Waals surface area (Å²) in [4.78, 5) is 2.25. The van der Waals surface area contributed by atoms with Gasteiger partial charge in [0.15, 0.2) is 5.82 Å². The Hall–Kier alpha value is -1.42. The van der Waals surface area contributed by atoms with Crippen LogP contribution in [0.4, 0.5) is 5.82 Å². The zero-order chi connectivity index (χ0) is 12.8. The van der Waals surface area contributed by atoms with Crippen molar-refractivity contribution in [2.75, 3.05) is 24.5 Å². The molecule has 4 nitrogen and oxygen atoms in total. The van der Waals surface area contributed by atoms with E-state index in [9.17, 15) is 0 Å². The molecule has 0 radical (unpaired) electrons. The molecule has 0 bridgehead atoms. The summed E-state index contributed by atoms with van der Waals surface area (Å²) in [6, 6.07) is 4.13. The molecule has 1 aliphatic heterocycles. The second-order valence-electron chi connectivity index (χ2n) is 5.11. The van der Waals surface area contributed by atoms with Gasteiger partial charge in [-0.15, -0.1) is 5.10 Å². The molecule has 0 saturated heterocycles. The number of anilines is 1. The highest BCUT2D eigenvalue weighted by Crippen LogP contribution is 2.12.